The highest BCUT2D eigenvalue weighted by molar-refractivity contribution is 5.42. The third-order valence-corrected chi connectivity index (χ3v) is 4.15. The zero-order valence-corrected chi connectivity index (χ0v) is 11.4. The molecule has 1 aliphatic heterocycles. The molecule has 1 saturated heterocycles. The highest BCUT2D eigenvalue weighted by Crippen LogP contribution is 2.47. The number of phenols is 1. The molecule has 0 radical (unpaired) electrons. The second kappa shape index (κ2) is 5.39. The summed E-state index contributed by atoms with van der Waals surface area (Å²) in [5.74, 6) is 1.84. The average Bonchev–Trinajstić information content (AvgIpc) is 3.26. The van der Waals surface area contributed by atoms with Crippen molar-refractivity contribution in [3.63, 3.8) is 0 Å². The fraction of sp³-hybridized carbons (Fsp3) is 0.600. The average molecular weight is 262 g/mol. The van der Waals surface area contributed by atoms with Gasteiger partial charge in [-0.05, 0) is 24.8 Å². The molecule has 2 aliphatic rings. The second-order valence-electron chi connectivity index (χ2n) is 5.49. The molecule has 2 fully saturated rings. The monoisotopic (exact) mass is 262 g/mol. The summed E-state index contributed by atoms with van der Waals surface area (Å²) in [5, 5.41) is 13.0. The summed E-state index contributed by atoms with van der Waals surface area (Å²) in [6.07, 6.45) is 2.61. The Balaban J connectivity index is 1.90. The van der Waals surface area contributed by atoms with E-state index in [1.54, 1.807) is 19.2 Å². The molecule has 1 heterocycles. The molecule has 4 heteroatoms. The maximum absolute atomic E-state index is 9.61. The van der Waals surface area contributed by atoms with E-state index in [2.05, 4.69) is 10.2 Å². The number of aromatic hydroxyl groups is 1. The number of piperazine rings is 1. The second-order valence-corrected chi connectivity index (χ2v) is 5.49. The molecule has 104 valence electrons. The van der Waals surface area contributed by atoms with Gasteiger partial charge < -0.3 is 15.2 Å². The van der Waals surface area contributed by atoms with Gasteiger partial charge in [-0.3, -0.25) is 4.90 Å². The summed E-state index contributed by atoms with van der Waals surface area (Å²) in [7, 11) is 1.68. The van der Waals surface area contributed by atoms with Gasteiger partial charge in [-0.2, -0.15) is 0 Å². The van der Waals surface area contributed by atoms with E-state index < -0.39 is 0 Å². The van der Waals surface area contributed by atoms with Gasteiger partial charge >= 0.3 is 0 Å². The van der Waals surface area contributed by atoms with Gasteiger partial charge in [0.15, 0.2) is 0 Å². The SMILES string of the molecule is COc1cc(O)ccc1[C@H](C1CC1)N1CCNCC1. The molecule has 1 atom stereocenters. The molecule has 0 amide bonds. The normalized spacial score (nSPS) is 22.2. The van der Waals surface area contributed by atoms with Crippen molar-refractivity contribution >= 4 is 0 Å². The molecule has 0 aromatic heterocycles. The standard InChI is InChI=1S/C15H22N2O2/c1-19-14-10-12(18)4-5-13(14)15(11-2-3-11)17-8-6-16-7-9-17/h4-5,10-11,15-16,18H,2-3,6-9H2,1H3/t15-/m0/s1. The summed E-state index contributed by atoms with van der Waals surface area (Å²) >= 11 is 0. The van der Waals surface area contributed by atoms with Crippen LogP contribution in [-0.4, -0.2) is 43.3 Å². The Morgan fingerprint density at radius 2 is 2.05 bits per heavy atom. The molecule has 3 rings (SSSR count). The van der Waals surface area contributed by atoms with Gasteiger partial charge in [-0.1, -0.05) is 6.07 Å². The number of hydrogen-bond acceptors (Lipinski definition) is 4. The van der Waals surface area contributed by atoms with Crippen molar-refractivity contribution in [2.24, 2.45) is 5.92 Å². The first-order valence-electron chi connectivity index (χ1n) is 7.11. The topological polar surface area (TPSA) is 44.7 Å². The van der Waals surface area contributed by atoms with E-state index in [9.17, 15) is 5.11 Å². The summed E-state index contributed by atoms with van der Waals surface area (Å²) < 4.78 is 5.47. The molecule has 1 aliphatic carbocycles. The van der Waals surface area contributed by atoms with Crippen LogP contribution in [0.4, 0.5) is 0 Å². The number of nitrogens with zero attached hydrogens (tertiary/aromatic N) is 1. The molecular formula is C15H22N2O2. The largest absolute Gasteiger partial charge is 0.508 e. The molecule has 2 N–H and O–H groups in total. The summed E-state index contributed by atoms with van der Waals surface area (Å²) in [6.45, 7) is 4.30. The Labute approximate surface area is 114 Å². The van der Waals surface area contributed by atoms with Crippen molar-refractivity contribution in [2.45, 2.75) is 18.9 Å². The predicted octanol–water partition coefficient (Wildman–Crippen LogP) is 1.76. The van der Waals surface area contributed by atoms with Crippen LogP contribution in [0.3, 0.4) is 0 Å². The van der Waals surface area contributed by atoms with Gasteiger partial charge in [0.05, 0.1) is 7.11 Å². The lowest BCUT2D eigenvalue weighted by atomic mass is 9.98. The lowest BCUT2D eigenvalue weighted by Gasteiger charge is -2.36. The first-order chi connectivity index (χ1) is 9.29. The third kappa shape index (κ3) is 2.69. The molecule has 4 nitrogen and oxygen atoms in total. The molecule has 1 aromatic rings. The van der Waals surface area contributed by atoms with E-state index in [0.29, 0.717) is 6.04 Å². The van der Waals surface area contributed by atoms with E-state index in [1.165, 1.54) is 18.4 Å². The number of benzene rings is 1. The minimum atomic E-state index is 0.274. The Morgan fingerprint density at radius 1 is 1.32 bits per heavy atom. The van der Waals surface area contributed by atoms with Crippen LogP contribution in [0.25, 0.3) is 0 Å². The minimum Gasteiger partial charge on any atom is -0.508 e. The van der Waals surface area contributed by atoms with Gasteiger partial charge in [0.2, 0.25) is 0 Å². The van der Waals surface area contributed by atoms with E-state index in [-0.39, 0.29) is 5.75 Å². The number of hydrogen-bond donors (Lipinski definition) is 2. The van der Waals surface area contributed by atoms with Crippen molar-refractivity contribution in [3.8, 4) is 11.5 Å². The van der Waals surface area contributed by atoms with Crippen LogP contribution in [0.1, 0.15) is 24.4 Å². The van der Waals surface area contributed by atoms with Crippen LogP contribution in [0.2, 0.25) is 0 Å². The van der Waals surface area contributed by atoms with Gasteiger partial charge in [-0.15, -0.1) is 0 Å². The lowest BCUT2D eigenvalue weighted by Crippen LogP contribution is -2.45. The first kappa shape index (κ1) is 12.8. The highest BCUT2D eigenvalue weighted by Gasteiger charge is 2.38. The minimum absolute atomic E-state index is 0.274. The summed E-state index contributed by atoms with van der Waals surface area (Å²) in [6, 6.07) is 5.97. The van der Waals surface area contributed by atoms with Crippen molar-refractivity contribution in [1.29, 1.82) is 0 Å². The maximum atomic E-state index is 9.61. The third-order valence-electron chi connectivity index (χ3n) is 4.15. The number of nitrogens with one attached hydrogen (secondary N) is 1. The summed E-state index contributed by atoms with van der Waals surface area (Å²) in [4.78, 5) is 2.56. The number of phenolic OH excluding ortho intramolecular Hbond substituents is 1. The Kier molecular flexibility index (Phi) is 3.62. The first-order valence-corrected chi connectivity index (χ1v) is 7.11. The van der Waals surface area contributed by atoms with Crippen molar-refractivity contribution in [3.05, 3.63) is 23.8 Å². The van der Waals surface area contributed by atoms with Crippen LogP contribution in [0.5, 0.6) is 11.5 Å². The van der Waals surface area contributed by atoms with Crippen LogP contribution >= 0.6 is 0 Å². The van der Waals surface area contributed by atoms with E-state index in [0.717, 1.165) is 37.8 Å². The van der Waals surface area contributed by atoms with Crippen molar-refractivity contribution in [2.75, 3.05) is 33.3 Å². The van der Waals surface area contributed by atoms with Crippen LogP contribution < -0.4 is 10.1 Å². The Morgan fingerprint density at radius 3 is 2.68 bits per heavy atom. The van der Waals surface area contributed by atoms with E-state index >= 15 is 0 Å². The van der Waals surface area contributed by atoms with E-state index in [4.69, 9.17) is 4.74 Å². The van der Waals surface area contributed by atoms with Crippen LogP contribution in [0.15, 0.2) is 18.2 Å². The van der Waals surface area contributed by atoms with Crippen LogP contribution in [0, 0.1) is 5.92 Å². The molecule has 1 aromatic carbocycles. The van der Waals surface area contributed by atoms with Crippen molar-refractivity contribution < 1.29 is 9.84 Å². The van der Waals surface area contributed by atoms with Crippen molar-refractivity contribution in [1.82, 2.24) is 10.2 Å². The zero-order chi connectivity index (χ0) is 13.2. The fourth-order valence-electron chi connectivity index (χ4n) is 3.07. The number of ether oxygens (including phenoxy) is 1. The maximum Gasteiger partial charge on any atom is 0.127 e. The molecule has 19 heavy (non-hydrogen) atoms. The molecule has 0 spiro atoms. The quantitative estimate of drug-likeness (QED) is 0.868. The van der Waals surface area contributed by atoms with Gasteiger partial charge in [0.25, 0.3) is 0 Å². The van der Waals surface area contributed by atoms with Gasteiger partial charge in [0.1, 0.15) is 11.5 Å². The van der Waals surface area contributed by atoms with Gasteiger partial charge in [0, 0.05) is 43.9 Å². The lowest BCUT2D eigenvalue weighted by molar-refractivity contribution is 0.153. The highest BCUT2D eigenvalue weighted by atomic mass is 16.5. The van der Waals surface area contributed by atoms with E-state index in [1.807, 2.05) is 6.07 Å². The predicted molar refractivity (Wildman–Crippen MR) is 74.6 cm³/mol. The Hall–Kier alpha value is -1.26. The molecule has 0 unspecified atom stereocenters. The fourth-order valence-corrected chi connectivity index (χ4v) is 3.07. The summed E-state index contributed by atoms with van der Waals surface area (Å²) in [5.41, 5.74) is 1.23. The molecule has 1 saturated carbocycles. The molecule has 0 bridgehead atoms. The molecular weight excluding hydrogens is 240 g/mol. The number of methoxy groups -OCH3 is 1. The van der Waals surface area contributed by atoms with Crippen LogP contribution in [-0.2, 0) is 0 Å². The van der Waals surface area contributed by atoms with Gasteiger partial charge in [-0.25, -0.2) is 0 Å². The Bertz CT molecular complexity index is 440. The number of rotatable bonds is 4. The zero-order valence-electron chi connectivity index (χ0n) is 11.4. The smallest absolute Gasteiger partial charge is 0.127 e.